The van der Waals surface area contributed by atoms with Gasteiger partial charge in [-0.25, -0.2) is 9.38 Å². The molecule has 5 aromatic rings. The number of allylic oxidation sites excluding steroid dienone is 1. The minimum Gasteiger partial charge on any atom is -0.488 e. The SMILES string of the molecule is O=c1c(=Cc2ccccc2OCc2ccccc2)sc2n1[C@@H](c1cccc(F)c1)C1=C(N=2)c2ccccc2CC1. The molecule has 0 saturated carbocycles. The van der Waals surface area contributed by atoms with Crippen LogP contribution in [-0.4, -0.2) is 4.57 Å². The maximum Gasteiger partial charge on any atom is 0.271 e. The average molecular weight is 545 g/mol. The minimum atomic E-state index is -0.415. The largest absolute Gasteiger partial charge is 0.488 e. The zero-order valence-electron chi connectivity index (χ0n) is 21.6. The van der Waals surface area contributed by atoms with Crippen LogP contribution in [0.2, 0.25) is 0 Å². The van der Waals surface area contributed by atoms with E-state index in [1.165, 1.54) is 29.0 Å². The highest BCUT2D eigenvalue weighted by Gasteiger charge is 2.32. The van der Waals surface area contributed by atoms with Gasteiger partial charge in [0.05, 0.1) is 16.3 Å². The Morgan fingerprint density at radius 3 is 2.60 bits per heavy atom. The van der Waals surface area contributed by atoms with E-state index in [1.807, 2.05) is 78.9 Å². The molecular formula is C34H25FN2O2S. The number of thiazole rings is 1. The van der Waals surface area contributed by atoms with Crippen LogP contribution in [-0.2, 0) is 13.0 Å². The molecular weight excluding hydrogens is 519 g/mol. The lowest BCUT2D eigenvalue weighted by Crippen LogP contribution is -2.38. The third-order valence-corrected chi connectivity index (χ3v) is 8.46. The van der Waals surface area contributed by atoms with Crippen molar-refractivity contribution in [1.82, 2.24) is 4.57 Å². The average Bonchev–Trinajstić information content (AvgIpc) is 3.30. The van der Waals surface area contributed by atoms with Crippen molar-refractivity contribution in [1.29, 1.82) is 0 Å². The van der Waals surface area contributed by atoms with Gasteiger partial charge in [-0.2, -0.15) is 0 Å². The second-order valence-corrected chi connectivity index (χ2v) is 11.0. The number of nitrogens with zero attached hydrogens (tertiary/aromatic N) is 2. The first-order valence-electron chi connectivity index (χ1n) is 13.3. The highest BCUT2D eigenvalue weighted by atomic mass is 32.1. The lowest BCUT2D eigenvalue weighted by Gasteiger charge is -2.30. The van der Waals surface area contributed by atoms with E-state index >= 15 is 0 Å². The third-order valence-electron chi connectivity index (χ3n) is 7.48. The van der Waals surface area contributed by atoms with Gasteiger partial charge in [0.2, 0.25) is 0 Å². The van der Waals surface area contributed by atoms with Gasteiger partial charge in [0.1, 0.15) is 18.2 Å². The molecule has 4 aromatic carbocycles. The number of benzene rings is 4. The molecule has 196 valence electrons. The quantitative estimate of drug-likeness (QED) is 0.271. The summed E-state index contributed by atoms with van der Waals surface area (Å²) in [6.07, 6.45) is 3.49. The maximum absolute atomic E-state index is 14.4. The summed E-state index contributed by atoms with van der Waals surface area (Å²) in [6, 6.07) is 32.1. The van der Waals surface area contributed by atoms with E-state index in [9.17, 15) is 9.18 Å². The van der Waals surface area contributed by atoms with Crippen molar-refractivity contribution in [2.75, 3.05) is 0 Å². The molecule has 1 aliphatic carbocycles. The van der Waals surface area contributed by atoms with Gasteiger partial charge >= 0.3 is 0 Å². The number of ether oxygens (including phenoxy) is 1. The van der Waals surface area contributed by atoms with Gasteiger partial charge in [-0.05, 0) is 59.4 Å². The van der Waals surface area contributed by atoms with Crippen molar-refractivity contribution in [3.05, 3.63) is 162 Å². The smallest absolute Gasteiger partial charge is 0.271 e. The van der Waals surface area contributed by atoms with E-state index in [-0.39, 0.29) is 11.4 Å². The van der Waals surface area contributed by atoms with E-state index in [2.05, 4.69) is 12.1 Å². The van der Waals surface area contributed by atoms with Crippen molar-refractivity contribution in [3.8, 4) is 5.75 Å². The second kappa shape index (κ2) is 10.2. The first-order chi connectivity index (χ1) is 19.7. The molecule has 0 fully saturated rings. The summed E-state index contributed by atoms with van der Waals surface area (Å²) < 4.78 is 22.9. The fraction of sp³-hybridized carbons (Fsp3) is 0.118. The second-order valence-electron chi connectivity index (χ2n) is 9.98. The Kier molecular flexibility index (Phi) is 6.25. The molecule has 1 aromatic heterocycles. The van der Waals surface area contributed by atoms with Gasteiger partial charge in [-0.3, -0.25) is 9.36 Å². The molecule has 0 saturated heterocycles. The molecule has 0 N–H and O–H groups in total. The minimum absolute atomic E-state index is 0.138. The lowest BCUT2D eigenvalue weighted by atomic mass is 9.83. The molecule has 40 heavy (non-hydrogen) atoms. The fourth-order valence-electron chi connectivity index (χ4n) is 5.61. The van der Waals surface area contributed by atoms with E-state index in [0.29, 0.717) is 21.7 Å². The standard InChI is InChI=1S/C34H25FN2O2S/c35-26-14-8-13-25(19-26)32-28-18-17-23-11-4-6-15-27(23)31(28)36-34-37(32)33(38)30(40-34)20-24-12-5-7-16-29(24)39-21-22-9-2-1-3-10-22/h1-16,19-20,32H,17-18,21H2/t32-/m0/s1. The summed E-state index contributed by atoms with van der Waals surface area (Å²) in [7, 11) is 0. The monoisotopic (exact) mass is 544 g/mol. The van der Waals surface area contributed by atoms with Crippen LogP contribution in [0.3, 0.4) is 0 Å². The van der Waals surface area contributed by atoms with E-state index in [0.717, 1.165) is 46.4 Å². The number of aromatic nitrogens is 1. The number of halogens is 1. The van der Waals surface area contributed by atoms with Crippen molar-refractivity contribution in [2.24, 2.45) is 4.99 Å². The van der Waals surface area contributed by atoms with E-state index in [4.69, 9.17) is 9.73 Å². The van der Waals surface area contributed by atoms with Crippen molar-refractivity contribution < 1.29 is 9.13 Å². The first-order valence-corrected chi connectivity index (χ1v) is 14.1. The number of aryl methyl sites for hydroxylation is 1. The molecule has 6 heteroatoms. The van der Waals surface area contributed by atoms with Crippen LogP contribution >= 0.6 is 11.3 Å². The third kappa shape index (κ3) is 4.40. The fourth-order valence-corrected chi connectivity index (χ4v) is 6.60. The van der Waals surface area contributed by atoms with Crippen LogP contribution in [0.15, 0.2) is 118 Å². The van der Waals surface area contributed by atoms with Gasteiger partial charge in [0.25, 0.3) is 5.56 Å². The number of fused-ring (bicyclic) bond motifs is 3. The zero-order chi connectivity index (χ0) is 27.1. The van der Waals surface area contributed by atoms with Gasteiger partial charge in [0.15, 0.2) is 4.80 Å². The zero-order valence-corrected chi connectivity index (χ0v) is 22.4. The lowest BCUT2D eigenvalue weighted by molar-refractivity contribution is 0.305. The Morgan fingerprint density at radius 1 is 0.925 bits per heavy atom. The molecule has 7 rings (SSSR count). The molecule has 0 amide bonds. The number of hydrogen-bond acceptors (Lipinski definition) is 4. The van der Waals surface area contributed by atoms with Gasteiger partial charge in [0, 0.05) is 11.1 Å². The molecule has 0 radical (unpaired) electrons. The predicted molar refractivity (Wildman–Crippen MR) is 156 cm³/mol. The van der Waals surface area contributed by atoms with Crippen LogP contribution < -0.4 is 19.6 Å². The Hall–Kier alpha value is -4.55. The van der Waals surface area contributed by atoms with Crippen LogP contribution in [0, 0.1) is 5.82 Å². The molecule has 0 spiro atoms. The van der Waals surface area contributed by atoms with Crippen LogP contribution in [0.1, 0.15) is 40.3 Å². The number of hydrogen-bond donors (Lipinski definition) is 0. The van der Waals surface area contributed by atoms with Crippen molar-refractivity contribution >= 4 is 23.1 Å². The van der Waals surface area contributed by atoms with Crippen molar-refractivity contribution in [2.45, 2.75) is 25.5 Å². The Morgan fingerprint density at radius 2 is 1.73 bits per heavy atom. The summed E-state index contributed by atoms with van der Waals surface area (Å²) >= 11 is 1.36. The molecule has 0 bridgehead atoms. The Labute approximate surface area is 234 Å². The Balaban J connectivity index is 1.38. The molecule has 2 aliphatic rings. The molecule has 2 heterocycles. The van der Waals surface area contributed by atoms with E-state index in [1.54, 1.807) is 10.6 Å². The molecule has 1 atom stereocenters. The van der Waals surface area contributed by atoms with Gasteiger partial charge in [-0.15, -0.1) is 0 Å². The van der Waals surface area contributed by atoms with Crippen LogP contribution in [0.25, 0.3) is 11.8 Å². The van der Waals surface area contributed by atoms with Gasteiger partial charge in [-0.1, -0.05) is 96.3 Å². The number of para-hydroxylation sites is 1. The molecule has 4 nitrogen and oxygen atoms in total. The maximum atomic E-state index is 14.4. The normalized spacial score (nSPS) is 16.1. The van der Waals surface area contributed by atoms with E-state index < -0.39 is 6.04 Å². The summed E-state index contributed by atoms with van der Waals surface area (Å²) in [6.45, 7) is 0.429. The highest BCUT2D eigenvalue weighted by Crippen LogP contribution is 2.41. The first kappa shape index (κ1) is 24.5. The van der Waals surface area contributed by atoms with Crippen LogP contribution in [0.5, 0.6) is 5.75 Å². The summed E-state index contributed by atoms with van der Waals surface area (Å²) in [5, 5.41) is 0. The molecule has 1 aliphatic heterocycles. The topological polar surface area (TPSA) is 43.6 Å². The summed E-state index contributed by atoms with van der Waals surface area (Å²) in [5.74, 6) is 0.381. The van der Waals surface area contributed by atoms with Gasteiger partial charge < -0.3 is 4.74 Å². The van der Waals surface area contributed by atoms with Crippen molar-refractivity contribution in [3.63, 3.8) is 0 Å². The Bertz CT molecular complexity index is 1960. The molecule has 0 unspecified atom stereocenters. The predicted octanol–water partition coefficient (Wildman–Crippen LogP) is 6.04. The summed E-state index contributed by atoms with van der Waals surface area (Å²) in [5.41, 5.74) is 6.78. The number of rotatable bonds is 5. The summed E-state index contributed by atoms with van der Waals surface area (Å²) in [4.78, 5) is 19.7. The van der Waals surface area contributed by atoms with Crippen LogP contribution in [0.4, 0.5) is 4.39 Å². The highest BCUT2D eigenvalue weighted by molar-refractivity contribution is 7.07.